The van der Waals surface area contributed by atoms with E-state index in [0.29, 0.717) is 0 Å². The Bertz CT molecular complexity index is 1020. The molecule has 0 aromatic carbocycles. The second kappa shape index (κ2) is 8.62. The lowest BCUT2D eigenvalue weighted by atomic mass is 10.2. The third-order valence-corrected chi connectivity index (χ3v) is 4.80. The number of fused-ring (bicyclic) bond motifs is 1. The Labute approximate surface area is 168 Å². The van der Waals surface area contributed by atoms with Crippen LogP contribution >= 0.6 is 0 Å². The van der Waals surface area contributed by atoms with Crippen LogP contribution in [0, 0.1) is 0 Å². The Morgan fingerprint density at radius 1 is 1.07 bits per heavy atom. The summed E-state index contributed by atoms with van der Waals surface area (Å²) in [5, 5.41) is 0. The number of aromatic nitrogens is 4. The van der Waals surface area contributed by atoms with E-state index in [1.54, 1.807) is 11.8 Å². The number of rotatable bonds is 7. The highest BCUT2D eigenvalue weighted by Gasteiger charge is 2.27. The van der Waals surface area contributed by atoms with E-state index in [4.69, 9.17) is 4.74 Å². The molecule has 0 saturated carbocycles. The normalized spacial score (nSPS) is 12.6. The van der Waals surface area contributed by atoms with Crippen molar-refractivity contribution >= 4 is 23.0 Å². The van der Waals surface area contributed by atoms with E-state index in [1.165, 1.54) is 29.6 Å². The van der Waals surface area contributed by atoms with Crippen molar-refractivity contribution in [2.24, 2.45) is 14.1 Å². The van der Waals surface area contributed by atoms with Crippen molar-refractivity contribution in [2.45, 2.75) is 65.8 Å². The van der Waals surface area contributed by atoms with Gasteiger partial charge in [0, 0.05) is 32.7 Å². The molecule has 0 fully saturated rings. The Balaban J connectivity index is 2.11. The van der Waals surface area contributed by atoms with Gasteiger partial charge in [0.15, 0.2) is 17.3 Å². The average molecular weight is 407 g/mol. The van der Waals surface area contributed by atoms with E-state index in [9.17, 15) is 19.2 Å². The van der Waals surface area contributed by atoms with E-state index >= 15 is 0 Å². The topological polar surface area (TPSA) is 108 Å². The highest BCUT2D eigenvalue weighted by atomic mass is 16.5. The highest BCUT2D eigenvalue weighted by Crippen LogP contribution is 2.11. The van der Waals surface area contributed by atoms with Gasteiger partial charge in [-0.05, 0) is 34.6 Å². The van der Waals surface area contributed by atoms with Gasteiger partial charge in [0.25, 0.3) is 11.5 Å². The van der Waals surface area contributed by atoms with Gasteiger partial charge in [-0.3, -0.25) is 23.5 Å². The van der Waals surface area contributed by atoms with Crippen LogP contribution < -0.4 is 11.2 Å². The lowest BCUT2D eigenvalue weighted by molar-refractivity contribution is -0.161. The number of carbonyl (C=O) groups is 2. The number of aryl methyl sites for hydroxylation is 2. The van der Waals surface area contributed by atoms with Gasteiger partial charge in [0.1, 0.15) is 0 Å². The van der Waals surface area contributed by atoms with Crippen LogP contribution in [0.25, 0.3) is 11.2 Å². The van der Waals surface area contributed by atoms with Gasteiger partial charge in [0.2, 0.25) is 0 Å². The number of imidazole rings is 1. The molecule has 0 spiro atoms. The second-order valence-electron chi connectivity index (χ2n) is 7.63. The quantitative estimate of drug-likeness (QED) is 0.615. The van der Waals surface area contributed by atoms with E-state index in [0.717, 1.165) is 4.57 Å². The van der Waals surface area contributed by atoms with Crippen LogP contribution in [0.3, 0.4) is 0 Å². The van der Waals surface area contributed by atoms with Crippen LogP contribution in [0.1, 0.15) is 41.0 Å². The van der Waals surface area contributed by atoms with Gasteiger partial charge in [-0.2, -0.15) is 0 Å². The molecular formula is C19H29N5O5. The number of carbonyl (C=O) groups excluding carboxylic acids is 2. The van der Waals surface area contributed by atoms with E-state index in [1.807, 2.05) is 27.7 Å². The van der Waals surface area contributed by atoms with Gasteiger partial charge in [0.05, 0.1) is 12.7 Å². The summed E-state index contributed by atoms with van der Waals surface area (Å²) < 4.78 is 9.08. The molecule has 0 aliphatic heterocycles. The summed E-state index contributed by atoms with van der Waals surface area (Å²) in [6.07, 6.45) is 0.464. The Kier molecular flexibility index (Phi) is 6.66. The molecule has 2 aromatic heterocycles. The first-order chi connectivity index (χ1) is 13.5. The molecule has 2 rings (SSSR count). The van der Waals surface area contributed by atoms with Crippen LogP contribution in [0.15, 0.2) is 15.9 Å². The van der Waals surface area contributed by atoms with Crippen molar-refractivity contribution in [2.75, 3.05) is 0 Å². The smallest absolute Gasteiger partial charge is 0.332 e. The summed E-state index contributed by atoms with van der Waals surface area (Å²) in [6, 6.07) is -0.0207. The zero-order valence-corrected chi connectivity index (χ0v) is 18.0. The molecule has 0 bridgehead atoms. The lowest BCUT2D eigenvalue weighted by Crippen LogP contribution is -2.47. The second-order valence-corrected chi connectivity index (χ2v) is 7.63. The van der Waals surface area contributed by atoms with Crippen molar-refractivity contribution in [1.29, 1.82) is 0 Å². The molecule has 0 radical (unpaired) electrons. The number of nitrogens with zero attached hydrogens (tertiary/aromatic N) is 5. The number of hydrogen-bond donors (Lipinski definition) is 0. The van der Waals surface area contributed by atoms with Crippen LogP contribution in [0.5, 0.6) is 0 Å². The molecule has 10 nitrogen and oxygen atoms in total. The summed E-state index contributed by atoms with van der Waals surface area (Å²) >= 11 is 0. The molecule has 1 unspecified atom stereocenters. The summed E-state index contributed by atoms with van der Waals surface area (Å²) in [5.41, 5.74) is -0.474. The predicted molar refractivity (Wildman–Crippen MR) is 108 cm³/mol. The molecule has 0 aliphatic rings. The third-order valence-electron chi connectivity index (χ3n) is 4.80. The van der Waals surface area contributed by atoms with Crippen molar-refractivity contribution in [3.8, 4) is 0 Å². The monoisotopic (exact) mass is 407 g/mol. The fraction of sp³-hybridized carbons (Fsp3) is 0.632. The maximum absolute atomic E-state index is 12.6. The largest absolute Gasteiger partial charge is 0.452 e. The molecule has 0 saturated heterocycles. The first kappa shape index (κ1) is 22.4. The Hall–Kier alpha value is -2.91. The minimum atomic E-state index is -0.902. The maximum atomic E-state index is 12.6. The summed E-state index contributed by atoms with van der Waals surface area (Å²) in [7, 11) is 2.91. The van der Waals surface area contributed by atoms with Gasteiger partial charge >= 0.3 is 11.7 Å². The molecule has 2 aromatic rings. The van der Waals surface area contributed by atoms with Gasteiger partial charge in [-0.25, -0.2) is 9.78 Å². The predicted octanol–water partition coefficient (Wildman–Crippen LogP) is 0.401. The first-order valence-electron chi connectivity index (χ1n) is 9.59. The SMILES string of the molecule is CC(OC(=O)CCn1cnc2c1c(=O)n(C)c(=O)n2C)C(=O)N(C(C)C)C(C)C. The average Bonchev–Trinajstić information content (AvgIpc) is 3.06. The minimum absolute atomic E-state index is 0.0103. The van der Waals surface area contributed by atoms with Crippen LogP contribution in [0.4, 0.5) is 0 Å². The zero-order valence-electron chi connectivity index (χ0n) is 18.0. The molecule has 1 atom stereocenters. The first-order valence-corrected chi connectivity index (χ1v) is 9.59. The van der Waals surface area contributed by atoms with Crippen molar-refractivity contribution in [3.63, 3.8) is 0 Å². The highest BCUT2D eigenvalue weighted by molar-refractivity contribution is 5.84. The molecule has 29 heavy (non-hydrogen) atoms. The van der Waals surface area contributed by atoms with Crippen LogP contribution in [-0.2, 0) is 35.0 Å². The van der Waals surface area contributed by atoms with E-state index < -0.39 is 23.3 Å². The van der Waals surface area contributed by atoms with Gasteiger partial charge in [-0.15, -0.1) is 0 Å². The number of esters is 1. The molecule has 10 heteroatoms. The Morgan fingerprint density at radius 3 is 2.21 bits per heavy atom. The molecule has 1 amide bonds. The standard InChI is InChI=1S/C19H29N5O5/c1-11(2)24(12(3)4)17(26)13(5)29-14(25)8-9-23-10-20-16-15(23)18(27)22(7)19(28)21(16)6/h10-13H,8-9H2,1-7H3. The van der Waals surface area contributed by atoms with Crippen molar-refractivity contribution in [3.05, 3.63) is 27.2 Å². The molecule has 160 valence electrons. The van der Waals surface area contributed by atoms with Crippen molar-refractivity contribution in [1.82, 2.24) is 23.6 Å². The van der Waals surface area contributed by atoms with E-state index in [2.05, 4.69) is 4.98 Å². The van der Waals surface area contributed by atoms with Gasteiger partial charge in [-0.1, -0.05) is 0 Å². The number of ether oxygens (including phenoxy) is 1. The maximum Gasteiger partial charge on any atom is 0.332 e. The Morgan fingerprint density at radius 2 is 1.66 bits per heavy atom. The molecule has 2 heterocycles. The third kappa shape index (κ3) is 4.41. The van der Waals surface area contributed by atoms with Crippen LogP contribution in [-0.4, -0.2) is 53.6 Å². The van der Waals surface area contributed by atoms with Crippen LogP contribution in [0.2, 0.25) is 0 Å². The lowest BCUT2D eigenvalue weighted by Gasteiger charge is -2.32. The molecular weight excluding hydrogens is 378 g/mol. The zero-order chi connectivity index (χ0) is 22.0. The molecule has 0 N–H and O–H groups in total. The molecule has 0 aliphatic carbocycles. The van der Waals surface area contributed by atoms with Crippen molar-refractivity contribution < 1.29 is 14.3 Å². The fourth-order valence-electron chi connectivity index (χ4n) is 3.40. The van der Waals surface area contributed by atoms with E-state index in [-0.39, 0.29) is 42.1 Å². The minimum Gasteiger partial charge on any atom is -0.452 e. The van der Waals surface area contributed by atoms with Gasteiger partial charge < -0.3 is 14.2 Å². The summed E-state index contributed by atoms with van der Waals surface area (Å²) in [6.45, 7) is 9.32. The summed E-state index contributed by atoms with van der Waals surface area (Å²) in [4.78, 5) is 55.0. The summed E-state index contributed by atoms with van der Waals surface area (Å²) in [5.74, 6) is -0.804. The number of amides is 1. The fourth-order valence-corrected chi connectivity index (χ4v) is 3.40. The number of hydrogen-bond acceptors (Lipinski definition) is 6.